The van der Waals surface area contributed by atoms with Crippen LogP contribution in [0.4, 0.5) is 0 Å². The van der Waals surface area contributed by atoms with Crippen LogP contribution in [0.25, 0.3) is 0 Å². The molecule has 2 N–H and O–H groups in total. The molecule has 1 atom stereocenters. The maximum atomic E-state index is 12.7. The molecule has 1 unspecified atom stereocenters. The number of hydrogen-bond acceptors (Lipinski definition) is 2. The van der Waals surface area contributed by atoms with Gasteiger partial charge < -0.3 is 10.6 Å². The van der Waals surface area contributed by atoms with E-state index < -0.39 is 0 Å². The van der Waals surface area contributed by atoms with Crippen molar-refractivity contribution >= 4 is 23.1 Å². The van der Waals surface area contributed by atoms with Crippen LogP contribution in [0.5, 0.6) is 0 Å². The van der Waals surface area contributed by atoms with Gasteiger partial charge in [0.15, 0.2) is 0 Å². The van der Waals surface area contributed by atoms with E-state index in [9.17, 15) is 4.79 Å². The van der Waals surface area contributed by atoms with Crippen LogP contribution in [0.15, 0.2) is 24.3 Å². The summed E-state index contributed by atoms with van der Waals surface area (Å²) in [5.41, 5.74) is 7.30. The largest absolute Gasteiger partial charge is 0.393 e. The zero-order chi connectivity index (χ0) is 15.5. The summed E-state index contributed by atoms with van der Waals surface area (Å²) >= 11 is 4.92. The number of amides is 1. The van der Waals surface area contributed by atoms with Crippen molar-refractivity contribution in [3.05, 3.63) is 35.4 Å². The van der Waals surface area contributed by atoms with Crippen molar-refractivity contribution in [2.24, 2.45) is 5.73 Å². The number of hydrogen-bond donors (Lipinski definition) is 1. The number of thiocarbonyl (C=S) groups is 1. The molecule has 0 saturated carbocycles. The molecule has 0 aromatic heterocycles. The predicted octanol–water partition coefficient (Wildman–Crippen LogP) is 3.12. The van der Waals surface area contributed by atoms with Crippen molar-refractivity contribution in [2.45, 2.75) is 45.6 Å². The highest BCUT2D eigenvalue weighted by atomic mass is 32.1. The molecule has 0 fully saturated rings. The smallest absolute Gasteiger partial charge is 0.254 e. The van der Waals surface area contributed by atoms with Crippen LogP contribution in [0.2, 0.25) is 0 Å². The molecular formula is C16H24N2OS. The van der Waals surface area contributed by atoms with Crippen molar-refractivity contribution in [3.63, 3.8) is 0 Å². The number of nitrogens with two attached hydrogens (primary N) is 1. The molecule has 0 radical (unpaired) electrons. The van der Waals surface area contributed by atoms with Gasteiger partial charge in [0.25, 0.3) is 5.91 Å². The fraction of sp³-hybridized carbons (Fsp3) is 0.500. The first-order valence-corrected chi connectivity index (χ1v) is 7.20. The molecule has 4 heteroatoms. The van der Waals surface area contributed by atoms with E-state index in [-0.39, 0.29) is 17.4 Å². The molecule has 0 heterocycles. The Kier molecular flexibility index (Phi) is 5.28. The maximum Gasteiger partial charge on any atom is 0.254 e. The third-order valence-electron chi connectivity index (χ3n) is 3.44. The summed E-state index contributed by atoms with van der Waals surface area (Å²) in [5.74, 6) is 0.0132. The van der Waals surface area contributed by atoms with Gasteiger partial charge in [0.2, 0.25) is 0 Å². The lowest BCUT2D eigenvalue weighted by atomic mass is 9.83. The molecule has 0 bridgehead atoms. The van der Waals surface area contributed by atoms with Gasteiger partial charge >= 0.3 is 0 Å². The number of benzene rings is 1. The Balaban J connectivity index is 3.07. The molecule has 20 heavy (non-hydrogen) atoms. The molecule has 0 saturated heterocycles. The summed E-state index contributed by atoms with van der Waals surface area (Å²) in [6.45, 7) is 8.28. The minimum absolute atomic E-state index is 0.00646. The van der Waals surface area contributed by atoms with Crippen LogP contribution in [-0.2, 0) is 5.41 Å². The number of carbonyl (C=O) groups is 1. The minimum Gasteiger partial charge on any atom is -0.393 e. The molecular weight excluding hydrogens is 268 g/mol. The molecule has 3 nitrogen and oxygen atoms in total. The van der Waals surface area contributed by atoms with E-state index >= 15 is 0 Å². The quantitative estimate of drug-likeness (QED) is 0.867. The monoisotopic (exact) mass is 292 g/mol. The average Bonchev–Trinajstić information content (AvgIpc) is 2.35. The Morgan fingerprint density at radius 1 is 1.35 bits per heavy atom. The first-order valence-electron chi connectivity index (χ1n) is 6.79. The highest BCUT2D eigenvalue weighted by molar-refractivity contribution is 7.80. The SMILES string of the molecule is CC(CC(N)=S)N(C)C(=O)c1ccccc1C(C)(C)C. The molecule has 110 valence electrons. The van der Waals surface area contributed by atoms with Crippen molar-refractivity contribution in [2.75, 3.05) is 7.05 Å². The average molecular weight is 292 g/mol. The zero-order valence-electron chi connectivity index (χ0n) is 12.9. The normalized spacial score (nSPS) is 12.8. The van der Waals surface area contributed by atoms with Gasteiger partial charge in [0.1, 0.15) is 0 Å². The van der Waals surface area contributed by atoms with Gasteiger partial charge in [-0.3, -0.25) is 4.79 Å². The van der Waals surface area contributed by atoms with E-state index in [4.69, 9.17) is 18.0 Å². The summed E-state index contributed by atoms with van der Waals surface area (Å²) in [6.07, 6.45) is 0.537. The molecule has 1 rings (SSSR count). The van der Waals surface area contributed by atoms with Crippen LogP contribution in [0, 0.1) is 0 Å². The molecule has 0 aliphatic carbocycles. The fourth-order valence-electron chi connectivity index (χ4n) is 2.14. The molecule has 1 aromatic carbocycles. The highest BCUT2D eigenvalue weighted by Crippen LogP contribution is 2.26. The Morgan fingerprint density at radius 3 is 2.40 bits per heavy atom. The van der Waals surface area contributed by atoms with E-state index in [1.165, 1.54) is 0 Å². The van der Waals surface area contributed by atoms with Gasteiger partial charge in [-0.05, 0) is 24.0 Å². The van der Waals surface area contributed by atoms with Crippen LogP contribution >= 0.6 is 12.2 Å². The standard InChI is InChI=1S/C16H24N2OS/c1-11(10-14(17)20)18(5)15(19)12-8-6-7-9-13(12)16(2,3)4/h6-9,11H,10H2,1-5H3,(H2,17,20). The number of carbonyl (C=O) groups excluding carboxylic acids is 1. The molecule has 1 amide bonds. The predicted molar refractivity (Wildman–Crippen MR) is 88.1 cm³/mol. The van der Waals surface area contributed by atoms with E-state index in [1.54, 1.807) is 11.9 Å². The lowest BCUT2D eigenvalue weighted by Crippen LogP contribution is -2.38. The van der Waals surface area contributed by atoms with Crippen molar-refractivity contribution in [1.82, 2.24) is 4.90 Å². The summed E-state index contributed by atoms with van der Waals surface area (Å²) in [7, 11) is 1.80. The topological polar surface area (TPSA) is 46.3 Å². The molecule has 0 aliphatic heterocycles. The van der Waals surface area contributed by atoms with Crippen LogP contribution < -0.4 is 5.73 Å². The number of rotatable bonds is 4. The molecule has 0 spiro atoms. The highest BCUT2D eigenvalue weighted by Gasteiger charge is 2.25. The minimum atomic E-state index is -0.0699. The van der Waals surface area contributed by atoms with Gasteiger partial charge in [-0.1, -0.05) is 51.2 Å². The van der Waals surface area contributed by atoms with Gasteiger partial charge in [0, 0.05) is 25.1 Å². The summed E-state index contributed by atoms with van der Waals surface area (Å²) < 4.78 is 0. The van der Waals surface area contributed by atoms with Gasteiger partial charge in [0.05, 0.1) is 4.99 Å². The van der Waals surface area contributed by atoms with Crippen molar-refractivity contribution in [1.29, 1.82) is 0 Å². The third kappa shape index (κ3) is 4.04. The maximum absolute atomic E-state index is 12.7. The van der Waals surface area contributed by atoms with Crippen LogP contribution in [-0.4, -0.2) is 28.9 Å². The van der Waals surface area contributed by atoms with Gasteiger partial charge in [-0.25, -0.2) is 0 Å². The second-order valence-electron chi connectivity index (χ2n) is 6.23. The zero-order valence-corrected chi connectivity index (χ0v) is 13.8. The first-order chi connectivity index (χ1) is 9.14. The summed E-state index contributed by atoms with van der Waals surface area (Å²) in [5, 5.41) is 0. The Hall–Kier alpha value is -1.42. The first kappa shape index (κ1) is 16.6. The summed E-state index contributed by atoms with van der Waals surface area (Å²) in [4.78, 5) is 14.8. The van der Waals surface area contributed by atoms with Crippen LogP contribution in [0.1, 0.15) is 50.0 Å². The van der Waals surface area contributed by atoms with E-state index in [2.05, 4.69) is 20.8 Å². The second-order valence-corrected chi connectivity index (χ2v) is 6.76. The second kappa shape index (κ2) is 6.35. The van der Waals surface area contributed by atoms with E-state index in [1.807, 2.05) is 31.2 Å². The molecule has 0 aliphatic rings. The lowest BCUT2D eigenvalue weighted by Gasteiger charge is -2.28. The Labute approximate surface area is 127 Å². The van der Waals surface area contributed by atoms with Crippen LogP contribution in [0.3, 0.4) is 0 Å². The van der Waals surface area contributed by atoms with E-state index in [0.717, 1.165) is 11.1 Å². The van der Waals surface area contributed by atoms with Gasteiger partial charge in [-0.15, -0.1) is 0 Å². The number of nitrogens with zero attached hydrogens (tertiary/aromatic N) is 1. The van der Waals surface area contributed by atoms with Crippen molar-refractivity contribution in [3.8, 4) is 0 Å². The third-order valence-corrected chi connectivity index (χ3v) is 3.61. The van der Waals surface area contributed by atoms with Gasteiger partial charge in [-0.2, -0.15) is 0 Å². The lowest BCUT2D eigenvalue weighted by molar-refractivity contribution is 0.0745. The van der Waals surface area contributed by atoms with Crippen molar-refractivity contribution < 1.29 is 4.79 Å². The Morgan fingerprint density at radius 2 is 1.90 bits per heavy atom. The summed E-state index contributed by atoms with van der Waals surface area (Å²) in [6, 6.07) is 7.75. The fourth-order valence-corrected chi connectivity index (χ4v) is 2.38. The Bertz CT molecular complexity index is 505. The molecule has 1 aromatic rings. The van der Waals surface area contributed by atoms with E-state index in [0.29, 0.717) is 11.4 Å².